The highest BCUT2D eigenvalue weighted by Crippen LogP contribution is 2.21. The fourth-order valence-electron chi connectivity index (χ4n) is 2.74. The molecule has 0 radical (unpaired) electrons. The van der Waals surface area contributed by atoms with Gasteiger partial charge in [0.2, 0.25) is 0 Å². The average Bonchev–Trinajstić information content (AvgIpc) is 2.45. The van der Waals surface area contributed by atoms with E-state index in [1.807, 2.05) is 26.0 Å². The van der Waals surface area contributed by atoms with E-state index in [1.54, 1.807) is 0 Å². The fourth-order valence-corrected chi connectivity index (χ4v) is 2.74. The maximum atomic E-state index is 12.1. The van der Waals surface area contributed by atoms with E-state index >= 15 is 0 Å². The average molecular weight is 296 g/mol. The van der Waals surface area contributed by atoms with Gasteiger partial charge in [0.05, 0.1) is 0 Å². The number of aryl methyl sites for hydroxylation is 4. The molecule has 2 aromatic rings. The molecule has 0 unspecified atom stereocenters. The SMILES string of the molecule is Cc1cc(C)c(NC(=O)NCCc2ccccc2C)c(C)c1. The molecule has 116 valence electrons. The summed E-state index contributed by atoms with van der Waals surface area (Å²) >= 11 is 0. The molecular formula is C19H24N2O. The summed E-state index contributed by atoms with van der Waals surface area (Å²) in [5.41, 5.74) is 6.82. The molecule has 0 aromatic heterocycles. The second kappa shape index (κ2) is 7.12. The van der Waals surface area contributed by atoms with Crippen LogP contribution in [0, 0.1) is 27.7 Å². The van der Waals surface area contributed by atoms with Crippen LogP contribution >= 0.6 is 0 Å². The summed E-state index contributed by atoms with van der Waals surface area (Å²) < 4.78 is 0. The van der Waals surface area contributed by atoms with Crippen molar-refractivity contribution in [2.45, 2.75) is 34.1 Å². The molecule has 2 N–H and O–H groups in total. The van der Waals surface area contributed by atoms with Gasteiger partial charge in [-0.15, -0.1) is 0 Å². The van der Waals surface area contributed by atoms with Crippen LogP contribution in [0.4, 0.5) is 10.5 Å². The zero-order valence-electron chi connectivity index (χ0n) is 13.8. The lowest BCUT2D eigenvalue weighted by Gasteiger charge is -2.14. The molecule has 0 fully saturated rings. The van der Waals surface area contributed by atoms with Gasteiger partial charge in [-0.3, -0.25) is 0 Å². The van der Waals surface area contributed by atoms with E-state index in [2.05, 4.69) is 48.7 Å². The van der Waals surface area contributed by atoms with E-state index in [-0.39, 0.29) is 6.03 Å². The number of carbonyl (C=O) groups excluding carboxylic acids is 1. The molecule has 0 heterocycles. The molecule has 3 nitrogen and oxygen atoms in total. The van der Waals surface area contributed by atoms with Crippen LogP contribution in [0.3, 0.4) is 0 Å². The molecule has 2 rings (SSSR count). The standard InChI is InChI=1S/C19H24N2O/c1-13-11-15(3)18(16(4)12-13)21-19(22)20-10-9-17-8-6-5-7-14(17)2/h5-8,11-12H,9-10H2,1-4H3,(H2,20,21,22). The first-order valence-electron chi connectivity index (χ1n) is 7.64. The molecule has 0 bridgehead atoms. The van der Waals surface area contributed by atoms with Crippen molar-refractivity contribution in [3.05, 3.63) is 64.2 Å². The number of benzene rings is 2. The van der Waals surface area contributed by atoms with Gasteiger partial charge in [-0.25, -0.2) is 4.79 Å². The Kier molecular flexibility index (Phi) is 5.21. The molecule has 2 amide bonds. The molecule has 0 saturated carbocycles. The van der Waals surface area contributed by atoms with Crippen molar-refractivity contribution in [1.29, 1.82) is 0 Å². The minimum Gasteiger partial charge on any atom is -0.338 e. The van der Waals surface area contributed by atoms with Crippen molar-refractivity contribution in [2.24, 2.45) is 0 Å². The number of anilines is 1. The van der Waals surface area contributed by atoms with Gasteiger partial charge < -0.3 is 10.6 Å². The number of nitrogens with one attached hydrogen (secondary N) is 2. The van der Waals surface area contributed by atoms with E-state index in [0.717, 1.165) is 23.2 Å². The van der Waals surface area contributed by atoms with Gasteiger partial charge >= 0.3 is 6.03 Å². The summed E-state index contributed by atoms with van der Waals surface area (Å²) in [6.45, 7) is 8.81. The van der Waals surface area contributed by atoms with Gasteiger partial charge in [0.25, 0.3) is 0 Å². The third-order valence-electron chi connectivity index (χ3n) is 3.86. The normalized spacial score (nSPS) is 10.4. The van der Waals surface area contributed by atoms with Gasteiger partial charge in [0, 0.05) is 12.2 Å². The van der Waals surface area contributed by atoms with E-state index in [9.17, 15) is 4.79 Å². The topological polar surface area (TPSA) is 41.1 Å². The molecule has 3 heteroatoms. The number of carbonyl (C=O) groups is 1. The van der Waals surface area contributed by atoms with E-state index in [4.69, 9.17) is 0 Å². The van der Waals surface area contributed by atoms with Crippen molar-refractivity contribution < 1.29 is 4.79 Å². The molecule has 0 atom stereocenters. The molecule has 2 aromatic carbocycles. The second-order valence-electron chi connectivity index (χ2n) is 5.83. The summed E-state index contributed by atoms with van der Waals surface area (Å²) in [5, 5.41) is 5.88. The summed E-state index contributed by atoms with van der Waals surface area (Å²) in [7, 11) is 0. The smallest absolute Gasteiger partial charge is 0.319 e. The number of rotatable bonds is 4. The fraction of sp³-hybridized carbons (Fsp3) is 0.316. The van der Waals surface area contributed by atoms with Crippen molar-refractivity contribution in [3.8, 4) is 0 Å². The van der Waals surface area contributed by atoms with Gasteiger partial charge in [-0.2, -0.15) is 0 Å². The predicted octanol–water partition coefficient (Wildman–Crippen LogP) is 4.28. The van der Waals surface area contributed by atoms with E-state index < -0.39 is 0 Å². The highest BCUT2D eigenvalue weighted by atomic mass is 16.2. The van der Waals surface area contributed by atoms with Crippen LogP contribution in [0.15, 0.2) is 36.4 Å². The Bertz CT molecular complexity index is 654. The Hall–Kier alpha value is -2.29. The first-order valence-corrected chi connectivity index (χ1v) is 7.64. The Morgan fingerprint density at radius 2 is 1.59 bits per heavy atom. The van der Waals surface area contributed by atoms with Crippen LogP contribution in [0.2, 0.25) is 0 Å². The van der Waals surface area contributed by atoms with Crippen LogP contribution in [0.5, 0.6) is 0 Å². The largest absolute Gasteiger partial charge is 0.338 e. The lowest BCUT2D eigenvalue weighted by atomic mass is 10.1. The van der Waals surface area contributed by atoms with Crippen LogP contribution in [-0.4, -0.2) is 12.6 Å². The maximum Gasteiger partial charge on any atom is 0.319 e. The number of hydrogen-bond donors (Lipinski definition) is 2. The summed E-state index contributed by atoms with van der Waals surface area (Å²) in [5.74, 6) is 0. The van der Waals surface area contributed by atoms with Crippen LogP contribution in [0.1, 0.15) is 27.8 Å². The lowest BCUT2D eigenvalue weighted by molar-refractivity contribution is 0.252. The first-order chi connectivity index (χ1) is 10.5. The molecule has 22 heavy (non-hydrogen) atoms. The van der Waals surface area contributed by atoms with Gasteiger partial charge in [0.15, 0.2) is 0 Å². The number of hydrogen-bond acceptors (Lipinski definition) is 1. The zero-order chi connectivity index (χ0) is 16.1. The predicted molar refractivity (Wildman–Crippen MR) is 92.6 cm³/mol. The second-order valence-corrected chi connectivity index (χ2v) is 5.83. The minimum atomic E-state index is -0.149. The molecule has 0 aliphatic heterocycles. The number of amides is 2. The summed E-state index contributed by atoms with van der Waals surface area (Å²) in [4.78, 5) is 12.1. The highest BCUT2D eigenvalue weighted by molar-refractivity contribution is 5.91. The number of urea groups is 1. The Balaban J connectivity index is 1.90. The van der Waals surface area contributed by atoms with Crippen molar-refractivity contribution >= 4 is 11.7 Å². The minimum absolute atomic E-state index is 0.149. The summed E-state index contributed by atoms with van der Waals surface area (Å²) in [6, 6.07) is 12.3. The van der Waals surface area contributed by atoms with Crippen molar-refractivity contribution in [3.63, 3.8) is 0 Å². The Morgan fingerprint density at radius 3 is 2.23 bits per heavy atom. The summed E-state index contributed by atoms with van der Waals surface area (Å²) in [6.07, 6.45) is 0.839. The first kappa shape index (κ1) is 16.1. The Labute approximate surface area is 132 Å². The molecule has 0 aliphatic carbocycles. The van der Waals surface area contributed by atoms with Crippen molar-refractivity contribution in [1.82, 2.24) is 5.32 Å². The van der Waals surface area contributed by atoms with Crippen molar-refractivity contribution in [2.75, 3.05) is 11.9 Å². The monoisotopic (exact) mass is 296 g/mol. The van der Waals surface area contributed by atoms with Crippen LogP contribution in [-0.2, 0) is 6.42 Å². The zero-order valence-corrected chi connectivity index (χ0v) is 13.8. The molecule has 0 saturated heterocycles. The quantitative estimate of drug-likeness (QED) is 0.868. The third kappa shape index (κ3) is 4.10. The van der Waals surface area contributed by atoms with Gasteiger partial charge in [-0.1, -0.05) is 42.0 Å². The third-order valence-corrected chi connectivity index (χ3v) is 3.86. The highest BCUT2D eigenvalue weighted by Gasteiger charge is 2.08. The van der Waals surface area contributed by atoms with E-state index in [0.29, 0.717) is 6.54 Å². The molecule has 0 spiro atoms. The molecular weight excluding hydrogens is 272 g/mol. The van der Waals surface area contributed by atoms with Gasteiger partial charge in [-0.05, 0) is 56.4 Å². The lowest BCUT2D eigenvalue weighted by Crippen LogP contribution is -2.31. The maximum absolute atomic E-state index is 12.1. The van der Waals surface area contributed by atoms with Crippen LogP contribution < -0.4 is 10.6 Å². The van der Waals surface area contributed by atoms with Gasteiger partial charge in [0.1, 0.15) is 0 Å². The van der Waals surface area contributed by atoms with E-state index in [1.165, 1.54) is 16.7 Å². The Morgan fingerprint density at radius 1 is 0.955 bits per heavy atom. The molecule has 0 aliphatic rings. The van der Waals surface area contributed by atoms with Crippen LogP contribution in [0.25, 0.3) is 0 Å².